The van der Waals surface area contributed by atoms with Crippen molar-refractivity contribution in [2.75, 3.05) is 24.0 Å². The molecule has 0 atom stereocenters. The Hall–Kier alpha value is -4.40. The van der Waals surface area contributed by atoms with Gasteiger partial charge in [-0.1, -0.05) is 43.0 Å². The molecule has 0 unspecified atom stereocenters. The first-order chi connectivity index (χ1) is 14.9. The van der Waals surface area contributed by atoms with Gasteiger partial charge >= 0.3 is 24.0 Å². The number of hydrogen-bond donors (Lipinski definition) is 0. The number of rotatable bonds is 5. The summed E-state index contributed by atoms with van der Waals surface area (Å²) >= 11 is 0. The highest BCUT2D eigenvalue weighted by molar-refractivity contribution is 6.19. The second-order valence-corrected chi connectivity index (χ2v) is 6.20. The molecule has 0 radical (unpaired) electrons. The maximum Gasteiger partial charge on any atom is 0.355 e. The highest BCUT2D eigenvalue weighted by Gasteiger charge is 2.45. The zero-order valence-corrected chi connectivity index (χ0v) is 16.8. The van der Waals surface area contributed by atoms with Gasteiger partial charge in [0.25, 0.3) is 0 Å². The molecule has 0 saturated carbocycles. The van der Waals surface area contributed by atoms with Crippen LogP contribution in [0.1, 0.15) is 0 Å². The Kier molecular flexibility index (Phi) is 6.15. The van der Waals surface area contributed by atoms with Crippen LogP contribution in [0.2, 0.25) is 0 Å². The summed E-state index contributed by atoms with van der Waals surface area (Å²) in [5.74, 6) is -1.96. The van der Waals surface area contributed by atoms with Gasteiger partial charge in [-0.05, 0) is 24.3 Å². The monoisotopic (exact) mass is 421 g/mol. The Balaban J connectivity index is 2.21. The van der Waals surface area contributed by atoms with Gasteiger partial charge in [-0.15, -0.1) is 0 Å². The van der Waals surface area contributed by atoms with E-state index in [2.05, 4.69) is 11.3 Å². The lowest BCUT2D eigenvalue weighted by Gasteiger charge is -2.42. The fourth-order valence-electron chi connectivity index (χ4n) is 2.97. The first-order valence-electron chi connectivity index (χ1n) is 9.06. The van der Waals surface area contributed by atoms with Crippen molar-refractivity contribution in [3.05, 3.63) is 84.8 Å². The Morgan fingerprint density at radius 1 is 0.806 bits per heavy atom. The third-order valence-electron chi connectivity index (χ3n) is 4.40. The minimum Gasteiger partial charge on any atom is -0.466 e. The van der Waals surface area contributed by atoms with Crippen molar-refractivity contribution in [3.8, 4) is 0 Å². The highest BCUT2D eigenvalue weighted by atomic mass is 16.5. The van der Waals surface area contributed by atoms with Crippen LogP contribution in [0, 0.1) is 0 Å². The van der Waals surface area contributed by atoms with Crippen LogP contribution in [-0.4, -0.2) is 43.1 Å². The van der Waals surface area contributed by atoms with E-state index < -0.39 is 29.7 Å². The molecule has 31 heavy (non-hydrogen) atoms. The van der Waals surface area contributed by atoms with Crippen molar-refractivity contribution in [2.45, 2.75) is 0 Å². The molecule has 0 aromatic heterocycles. The summed E-state index contributed by atoms with van der Waals surface area (Å²) in [5.41, 5.74) is 0.204. The van der Waals surface area contributed by atoms with Crippen LogP contribution in [0.15, 0.2) is 84.8 Å². The zero-order valence-electron chi connectivity index (χ0n) is 16.8. The van der Waals surface area contributed by atoms with E-state index in [1.54, 1.807) is 60.7 Å². The quantitative estimate of drug-likeness (QED) is 0.543. The number of amides is 4. The molecule has 1 saturated heterocycles. The van der Waals surface area contributed by atoms with Gasteiger partial charge in [0.2, 0.25) is 0 Å². The molecule has 1 fully saturated rings. The van der Waals surface area contributed by atoms with Gasteiger partial charge in [0, 0.05) is 0 Å². The first-order valence-corrected chi connectivity index (χ1v) is 9.06. The van der Waals surface area contributed by atoms with Crippen LogP contribution >= 0.6 is 0 Å². The largest absolute Gasteiger partial charge is 0.466 e. The fourth-order valence-corrected chi connectivity index (χ4v) is 2.97. The van der Waals surface area contributed by atoms with Crippen LogP contribution in [0.5, 0.6) is 0 Å². The summed E-state index contributed by atoms with van der Waals surface area (Å²) in [6.07, 6.45) is 0.724. The maximum atomic E-state index is 13.4. The summed E-state index contributed by atoms with van der Waals surface area (Å²) in [7, 11) is 2.16. The molecule has 1 aliphatic heterocycles. The van der Waals surface area contributed by atoms with Crippen molar-refractivity contribution >= 4 is 35.4 Å². The van der Waals surface area contributed by atoms with Gasteiger partial charge in [0.05, 0.1) is 31.7 Å². The molecule has 4 amide bonds. The zero-order chi connectivity index (χ0) is 22.5. The van der Waals surface area contributed by atoms with Gasteiger partial charge in [-0.25, -0.2) is 33.9 Å². The number of hydrogen-bond acceptors (Lipinski definition) is 6. The van der Waals surface area contributed by atoms with E-state index in [0.29, 0.717) is 16.3 Å². The van der Waals surface area contributed by atoms with E-state index >= 15 is 0 Å². The van der Waals surface area contributed by atoms with Crippen molar-refractivity contribution in [2.24, 2.45) is 0 Å². The summed E-state index contributed by atoms with van der Waals surface area (Å²) in [6, 6.07) is 15.1. The Labute approximate surface area is 178 Å². The van der Waals surface area contributed by atoms with Crippen LogP contribution in [0.4, 0.5) is 21.0 Å². The molecule has 0 bridgehead atoms. The Morgan fingerprint density at radius 3 is 1.65 bits per heavy atom. The number of urea groups is 2. The van der Waals surface area contributed by atoms with Crippen molar-refractivity contribution in [1.82, 2.24) is 4.90 Å². The van der Waals surface area contributed by atoms with E-state index in [0.717, 1.165) is 30.1 Å². The van der Waals surface area contributed by atoms with Crippen LogP contribution in [0.3, 0.4) is 0 Å². The van der Waals surface area contributed by atoms with Crippen molar-refractivity contribution in [1.29, 1.82) is 0 Å². The Bertz CT molecular complexity index is 1000. The summed E-state index contributed by atoms with van der Waals surface area (Å²) in [4.78, 5) is 53.9. The van der Waals surface area contributed by atoms with Gasteiger partial charge in [-0.3, -0.25) is 0 Å². The predicted octanol–water partition coefficient (Wildman–Crippen LogP) is 3.26. The summed E-state index contributed by atoms with van der Waals surface area (Å²) in [6.45, 7) is 3.92. The lowest BCUT2D eigenvalue weighted by atomic mass is 10.2. The van der Waals surface area contributed by atoms with E-state index in [-0.39, 0.29) is 5.82 Å². The van der Waals surface area contributed by atoms with Gasteiger partial charge in [-0.2, -0.15) is 0 Å². The lowest BCUT2D eigenvalue weighted by Crippen LogP contribution is -2.60. The van der Waals surface area contributed by atoms with E-state index in [1.807, 2.05) is 0 Å². The van der Waals surface area contributed by atoms with Crippen LogP contribution in [0.25, 0.3) is 0 Å². The number of carbonyl (C=O) groups is 4. The number of para-hydroxylation sites is 2. The SMILES string of the molecule is C=C1N(c2ccccc2)C(=O)N(/C(=C\C(=O)OC)C(=O)OC)C(=O)N1c1ccccc1. The molecule has 0 N–H and O–H groups in total. The number of methoxy groups -OCH3 is 2. The normalized spacial score (nSPS) is 14.6. The third kappa shape index (κ3) is 4.01. The number of anilines is 2. The molecule has 0 aliphatic carbocycles. The average molecular weight is 421 g/mol. The number of nitrogens with zero attached hydrogens (tertiary/aromatic N) is 3. The minimum absolute atomic E-state index is 0.0472. The number of carbonyl (C=O) groups excluding carboxylic acids is 4. The topological polar surface area (TPSA) is 96.5 Å². The summed E-state index contributed by atoms with van der Waals surface area (Å²) < 4.78 is 9.26. The van der Waals surface area contributed by atoms with Gasteiger partial charge in [0.15, 0.2) is 0 Å². The molecule has 3 rings (SSSR count). The molecular formula is C22H19N3O6. The molecule has 1 aliphatic rings. The van der Waals surface area contributed by atoms with Crippen LogP contribution in [-0.2, 0) is 19.1 Å². The van der Waals surface area contributed by atoms with Crippen LogP contribution < -0.4 is 9.80 Å². The fraction of sp³-hybridized carbons (Fsp3) is 0.0909. The smallest absolute Gasteiger partial charge is 0.355 e. The average Bonchev–Trinajstić information content (AvgIpc) is 2.79. The second kappa shape index (κ2) is 8.95. The number of ether oxygens (including phenoxy) is 2. The molecule has 2 aromatic rings. The highest BCUT2D eigenvalue weighted by Crippen LogP contribution is 2.33. The molecular weight excluding hydrogens is 402 g/mol. The molecule has 158 valence electrons. The maximum absolute atomic E-state index is 13.4. The van der Waals surface area contributed by atoms with Crippen molar-refractivity contribution < 1.29 is 28.7 Å². The molecule has 1 heterocycles. The minimum atomic E-state index is -1.07. The van der Waals surface area contributed by atoms with Gasteiger partial charge < -0.3 is 9.47 Å². The molecule has 0 spiro atoms. The van der Waals surface area contributed by atoms with E-state index in [1.165, 1.54) is 0 Å². The summed E-state index contributed by atoms with van der Waals surface area (Å²) in [5, 5.41) is 0. The third-order valence-corrected chi connectivity index (χ3v) is 4.40. The number of benzene rings is 2. The standard InChI is InChI=1S/C22H19N3O6/c1-15-23(16-10-6-4-7-11-16)21(28)25(18(20(27)31-3)14-19(26)30-2)22(29)24(15)17-12-8-5-9-13-17/h4-14H,1H2,2-3H3/b18-14-. The molecule has 9 heteroatoms. The lowest BCUT2D eigenvalue weighted by molar-refractivity contribution is -0.139. The first kappa shape index (κ1) is 21.3. The molecule has 9 nitrogen and oxygen atoms in total. The van der Waals surface area contributed by atoms with Crippen molar-refractivity contribution in [3.63, 3.8) is 0 Å². The molecule has 2 aromatic carbocycles. The predicted molar refractivity (Wildman–Crippen MR) is 112 cm³/mol. The number of esters is 2. The number of imide groups is 1. The van der Waals surface area contributed by atoms with Gasteiger partial charge in [0.1, 0.15) is 11.5 Å². The second-order valence-electron chi connectivity index (χ2n) is 6.20. The van der Waals surface area contributed by atoms with E-state index in [4.69, 9.17) is 4.74 Å². The van der Waals surface area contributed by atoms with E-state index in [9.17, 15) is 19.2 Å². The Morgan fingerprint density at radius 2 is 1.26 bits per heavy atom.